The van der Waals surface area contributed by atoms with Crippen molar-refractivity contribution < 1.29 is 13.0 Å². The number of hydrogen-bond donors (Lipinski definition) is 1. The highest BCUT2D eigenvalue weighted by molar-refractivity contribution is 7.87. The average molecular weight is 490 g/mol. The van der Waals surface area contributed by atoms with Crippen LogP contribution < -0.4 is 15.9 Å². The third-order valence-corrected chi connectivity index (χ3v) is 10.3. The summed E-state index contributed by atoms with van der Waals surface area (Å²) in [5, 5.41) is 3.06. The van der Waals surface area contributed by atoms with Crippen molar-refractivity contribution in [1.29, 1.82) is 0 Å². The van der Waals surface area contributed by atoms with Gasteiger partial charge in [0.05, 0.1) is 12.7 Å². The molecule has 0 aliphatic carbocycles. The molecule has 174 valence electrons. The summed E-state index contributed by atoms with van der Waals surface area (Å²) in [5.41, 5.74) is 4.27. The van der Waals surface area contributed by atoms with Gasteiger partial charge in [-0.3, -0.25) is 9.30 Å². The molecule has 0 aliphatic rings. The molecule has 0 saturated carbocycles. The molecule has 0 bridgehead atoms. The third kappa shape index (κ3) is 4.78. The lowest BCUT2D eigenvalue weighted by Crippen LogP contribution is -2.26. The van der Waals surface area contributed by atoms with Gasteiger partial charge in [0.2, 0.25) is 0 Å². The van der Waals surface area contributed by atoms with Crippen molar-refractivity contribution in [3.63, 3.8) is 0 Å². The summed E-state index contributed by atoms with van der Waals surface area (Å²) in [6.07, 6.45) is 0. The fourth-order valence-electron chi connectivity index (χ4n) is 4.18. The van der Waals surface area contributed by atoms with Gasteiger partial charge in [-0.25, -0.2) is 0 Å². The predicted octanol–water partition coefficient (Wildman–Crippen LogP) is 5.98. The van der Waals surface area contributed by atoms with Crippen molar-refractivity contribution >= 4 is 38.8 Å². The summed E-state index contributed by atoms with van der Waals surface area (Å²) in [7, 11) is -7.19. The third-order valence-electron chi connectivity index (χ3n) is 5.78. The molecule has 0 fully saturated rings. The Hall–Kier alpha value is -2.98. The Morgan fingerprint density at radius 2 is 1.03 bits per heavy atom. The summed E-state index contributed by atoms with van der Waals surface area (Å²) in [4.78, 5) is -0.176. The van der Waals surface area contributed by atoms with Crippen molar-refractivity contribution in [3.8, 4) is 0 Å². The van der Waals surface area contributed by atoms with Crippen LogP contribution in [0, 0.1) is 27.7 Å². The first-order valence-electron chi connectivity index (χ1n) is 11.0. The lowest BCUT2D eigenvalue weighted by Gasteiger charge is -2.28. The van der Waals surface area contributed by atoms with Gasteiger partial charge in [-0.1, -0.05) is 77.4 Å². The summed E-state index contributed by atoms with van der Waals surface area (Å²) in [5.74, 6) is 0. The molecule has 0 heterocycles. The average Bonchev–Trinajstić information content (AvgIpc) is 2.77. The second kappa shape index (κ2) is 9.34. The van der Waals surface area contributed by atoms with Crippen molar-refractivity contribution in [2.24, 2.45) is 4.74 Å². The van der Waals surface area contributed by atoms with Gasteiger partial charge in [-0.2, -0.15) is 8.42 Å². The molecule has 0 unspecified atom stereocenters. The number of aryl methyl sites for hydroxylation is 4. The van der Waals surface area contributed by atoms with Crippen LogP contribution in [0.5, 0.6) is 0 Å². The smallest absolute Gasteiger partial charge is 0.282 e. The van der Waals surface area contributed by atoms with E-state index in [0.717, 1.165) is 38.2 Å². The molecule has 0 saturated heterocycles. The van der Waals surface area contributed by atoms with E-state index in [-0.39, 0.29) is 10.6 Å². The predicted molar refractivity (Wildman–Crippen MR) is 142 cm³/mol. The molecule has 1 N–H and O–H groups in total. The quantitative estimate of drug-likeness (QED) is 0.277. The van der Waals surface area contributed by atoms with Gasteiger partial charge in [0.15, 0.2) is 0 Å². The zero-order valence-corrected chi connectivity index (χ0v) is 21.4. The van der Waals surface area contributed by atoms with E-state index in [1.165, 1.54) is 6.07 Å². The van der Waals surface area contributed by atoms with E-state index in [1.54, 1.807) is 13.0 Å². The highest BCUT2D eigenvalue weighted by Gasteiger charge is 2.29. The molecule has 0 atom stereocenters. The lowest BCUT2D eigenvalue weighted by molar-refractivity contribution is 0.483. The molecule has 0 radical (unpaired) electrons. The van der Waals surface area contributed by atoms with Crippen molar-refractivity contribution in [3.05, 3.63) is 113 Å². The van der Waals surface area contributed by atoms with Crippen molar-refractivity contribution in [1.82, 2.24) is 0 Å². The number of benzene rings is 4. The normalized spacial score (nSPS) is 11.9. The van der Waals surface area contributed by atoms with Gasteiger partial charge in [0, 0.05) is 15.9 Å². The number of hydrogen-bond acceptors (Lipinski definition) is 3. The summed E-state index contributed by atoms with van der Waals surface area (Å²) >= 11 is 0. The van der Waals surface area contributed by atoms with E-state index in [1.807, 2.05) is 63.2 Å². The minimum Gasteiger partial charge on any atom is -0.282 e. The zero-order valence-electron chi connectivity index (χ0n) is 19.7. The van der Waals surface area contributed by atoms with Crippen molar-refractivity contribution in [2.75, 3.05) is 0 Å². The Labute approximate surface area is 202 Å². The van der Waals surface area contributed by atoms with Crippen LogP contribution in [0.25, 0.3) is 0 Å². The van der Waals surface area contributed by atoms with E-state index in [9.17, 15) is 13.0 Å². The van der Waals surface area contributed by atoms with Gasteiger partial charge in [0.25, 0.3) is 10.1 Å². The van der Waals surface area contributed by atoms with E-state index in [2.05, 4.69) is 36.4 Å². The van der Waals surface area contributed by atoms with Crippen LogP contribution in [0.1, 0.15) is 22.3 Å². The molecule has 4 nitrogen and oxygen atoms in total. The van der Waals surface area contributed by atoms with Crippen LogP contribution in [0.2, 0.25) is 0 Å². The summed E-state index contributed by atoms with van der Waals surface area (Å²) in [6.45, 7) is 7.92. The Bertz CT molecular complexity index is 1420. The van der Waals surface area contributed by atoms with Gasteiger partial charge >= 0.3 is 0 Å². The minimum atomic E-state index is -4.48. The fourth-order valence-corrected chi connectivity index (χ4v) is 8.78. The highest BCUT2D eigenvalue weighted by Crippen LogP contribution is 2.50. The first kappa shape index (κ1) is 24.2. The van der Waals surface area contributed by atoms with Gasteiger partial charge < -0.3 is 0 Å². The van der Waals surface area contributed by atoms with E-state index >= 15 is 0 Å². The Morgan fingerprint density at radius 1 is 0.618 bits per heavy atom. The maximum absolute atomic E-state index is 12.4. The molecule has 4 aromatic rings. The summed E-state index contributed by atoms with van der Waals surface area (Å²) < 4.78 is 40.1. The highest BCUT2D eigenvalue weighted by atomic mass is 32.2. The van der Waals surface area contributed by atoms with Crippen LogP contribution in [0.3, 0.4) is 0 Å². The van der Waals surface area contributed by atoms with Gasteiger partial charge in [-0.05, 0) is 63.6 Å². The lowest BCUT2D eigenvalue weighted by atomic mass is 10.2. The molecule has 0 aliphatic heterocycles. The van der Waals surface area contributed by atoms with E-state index in [0.29, 0.717) is 0 Å². The second-order valence-electron chi connectivity index (χ2n) is 8.70. The number of nitrogens with zero attached hydrogens (tertiary/aromatic N) is 1. The molecule has 0 amide bonds. The van der Waals surface area contributed by atoms with Crippen LogP contribution >= 0.6 is 7.05 Å². The van der Waals surface area contributed by atoms with Crippen LogP contribution in [-0.2, 0) is 10.1 Å². The molecule has 0 spiro atoms. The fraction of sp³-hybridized carbons (Fsp3) is 0.143. The molecule has 34 heavy (non-hydrogen) atoms. The molecular weight excluding hydrogens is 461 g/mol. The SMILES string of the molecule is Cc1cccc(P(=Nc2ccc(C)cc2S(=O)(=O)O)(c2cccc(C)c2)c2cccc(C)c2)c1. The number of rotatable bonds is 5. The monoisotopic (exact) mass is 489 g/mol. The topological polar surface area (TPSA) is 66.7 Å². The Morgan fingerprint density at radius 3 is 1.41 bits per heavy atom. The molecular formula is C28H28NO3PS. The Balaban J connectivity index is 2.26. The van der Waals surface area contributed by atoms with Crippen LogP contribution in [0.15, 0.2) is 101 Å². The first-order chi connectivity index (χ1) is 16.1. The maximum atomic E-state index is 12.4. The Kier molecular flexibility index (Phi) is 6.64. The van der Waals surface area contributed by atoms with Gasteiger partial charge in [0.1, 0.15) is 4.90 Å². The second-order valence-corrected chi connectivity index (χ2v) is 13.1. The standard InChI is InChI=1S/C28H28NO3PS/c1-20-8-5-11-24(16-20)33(25-12-6-9-21(2)17-25,26-13-7-10-22(3)18-26)29-27-15-14-23(4)19-28(27)34(30,31)32/h5-19H,1-4H3,(H,30,31,32). The van der Waals surface area contributed by atoms with Crippen LogP contribution in [-0.4, -0.2) is 13.0 Å². The minimum absolute atomic E-state index is 0.176. The maximum Gasteiger partial charge on any atom is 0.296 e. The summed E-state index contributed by atoms with van der Waals surface area (Å²) in [6, 6.07) is 29.7. The van der Waals surface area contributed by atoms with Gasteiger partial charge in [-0.15, -0.1) is 0 Å². The van der Waals surface area contributed by atoms with E-state index in [4.69, 9.17) is 4.74 Å². The molecule has 4 rings (SSSR count). The molecule has 0 aromatic heterocycles. The van der Waals surface area contributed by atoms with E-state index < -0.39 is 17.2 Å². The molecule has 6 heteroatoms. The zero-order chi connectivity index (χ0) is 24.5. The van der Waals surface area contributed by atoms with Crippen molar-refractivity contribution in [2.45, 2.75) is 32.6 Å². The first-order valence-corrected chi connectivity index (χ1v) is 14.2. The van der Waals surface area contributed by atoms with Crippen LogP contribution in [0.4, 0.5) is 5.69 Å². The molecule has 4 aromatic carbocycles. The largest absolute Gasteiger partial charge is 0.296 e.